The van der Waals surface area contributed by atoms with Crippen LogP contribution < -0.4 is 5.32 Å². The monoisotopic (exact) mass is 268 g/mol. The van der Waals surface area contributed by atoms with E-state index in [9.17, 15) is 9.90 Å². The van der Waals surface area contributed by atoms with Crippen molar-refractivity contribution in [1.82, 2.24) is 10.2 Å². The molecule has 3 atom stereocenters. The van der Waals surface area contributed by atoms with Gasteiger partial charge in [0.2, 0.25) is 5.91 Å². The van der Waals surface area contributed by atoms with Gasteiger partial charge in [0, 0.05) is 19.6 Å². The molecule has 1 saturated carbocycles. The molecule has 1 saturated heterocycles. The quantitative estimate of drug-likeness (QED) is 0.813. The molecule has 0 spiro atoms. The van der Waals surface area contributed by atoms with Crippen molar-refractivity contribution in [2.45, 2.75) is 64.0 Å². The predicted octanol–water partition coefficient (Wildman–Crippen LogP) is 1.53. The first kappa shape index (κ1) is 14.8. The molecule has 1 aliphatic carbocycles. The summed E-state index contributed by atoms with van der Waals surface area (Å²) < 4.78 is 0. The summed E-state index contributed by atoms with van der Waals surface area (Å²) in [6.07, 6.45) is 6.26. The van der Waals surface area contributed by atoms with E-state index in [-0.39, 0.29) is 11.9 Å². The Morgan fingerprint density at radius 1 is 1.42 bits per heavy atom. The summed E-state index contributed by atoms with van der Waals surface area (Å²) in [5, 5.41) is 13.8. The minimum absolute atomic E-state index is 0.181. The maximum absolute atomic E-state index is 12.2. The largest absolute Gasteiger partial charge is 0.389 e. The number of carbonyl (C=O) groups is 1. The normalized spacial score (nSPS) is 33.4. The molecule has 3 unspecified atom stereocenters. The third-order valence-corrected chi connectivity index (χ3v) is 4.59. The molecular weight excluding hydrogens is 240 g/mol. The van der Waals surface area contributed by atoms with Gasteiger partial charge in [0.25, 0.3) is 0 Å². The zero-order valence-electron chi connectivity index (χ0n) is 12.3. The highest BCUT2D eigenvalue weighted by molar-refractivity contribution is 5.81. The van der Waals surface area contributed by atoms with Crippen molar-refractivity contribution in [1.29, 1.82) is 0 Å². The van der Waals surface area contributed by atoms with Crippen molar-refractivity contribution in [3.8, 4) is 0 Å². The van der Waals surface area contributed by atoms with Crippen LogP contribution in [-0.2, 0) is 4.79 Å². The van der Waals surface area contributed by atoms with Crippen LogP contribution in [0.15, 0.2) is 0 Å². The maximum atomic E-state index is 12.2. The van der Waals surface area contributed by atoms with Crippen LogP contribution in [0.2, 0.25) is 0 Å². The molecule has 0 aromatic heterocycles. The number of likely N-dealkylation sites (tertiary alicyclic amines) is 1. The molecule has 0 radical (unpaired) electrons. The summed E-state index contributed by atoms with van der Waals surface area (Å²) in [5.41, 5.74) is -0.614. The van der Waals surface area contributed by atoms with Gasteiger partial charge < -0.3 is 15.3 Å². The van der Waals surface area contributed by atoms with Crippen LogP contribution >= 0.6 is 0 Å². The van der Waals surface area contributed by atoms with Gasteiger partial charge in [0.15, 0.2) is 0 Å². The number of nitrogens with zero attached hydrogens (tertiary/aromatic N) is 1. The third kappa shape index (κ3) is 3.93. The van der Waals surface area contributed by atoms with Gasteiger partial charge in [0.1, 0.15) is 0 Å². The van der Waals surface area contributed by atoms with Gasteiger partial charge in [-0.3, -0.25) is 4.79 Å². The van der Waals surface area contributed by atoms with Gasteiger partial charge >= 0.3 is 0 Å². The van der Waals surface area contributed by atoms with E-state index >= 15 is 0 Å². The maximum Gasteiger partial charge on any atom is 0.239 e. The molecule has 110 valence electrons. The standard InChI is InChI=1S/C15H28N2O2/c1-12-6-5-7-15(19,10-12)11-16-13(2)14(18)17-8-3-4-9-17/h12-13,16,19H,3-11H2,1-2H3. The molecule has 1 amide bonds. The lowest BCUT2D eigenvalue weighted by atomic mass is 9.79. The molecule has 19 heavy (non-hydrogen) atoms. The molecule has 1 heterocycles. The highest BCUT2D eigenvalue weighted by atomic mass is 16.3. The van der Waals surface area contributed by atoms with Crippen molar-refractivity contribution < 1.29 is 9.90 Å². The average Bonchev–Trinajstić information content (AvgIpc) is 2.88. The van der Waals surface area contributed by atoms with Crippen molar-refractivity contribution >= 4 is 5.91 Å². The molecule has 0 aromatic carbocycles. The summed E-state index contributed by atoms with van der Waals surface area (Å²) >= 11 is 0. The Labute approximate surface area is 116 Å². The van der Waals surface area contributed by atoms with Crippen molar-refractivity contribution in [2.75, 3.05) is 19.6 Å². The minimum atomic E-state index is -0.614. The molecule has 4 nitrogen and oxygen atoms in total. The lowest BCUT2D eigenvalue weighted by Crippen LogP contribution is -2.51. The predicted molar refractivity (Wildman–Crippen MR) is 75.9 cm³/mol. The van der Waals surface area contributed by atoms with E-state index in [0.717, 1.165) is 45.2 Å². The first-order valence-corrected chi connectivity index (χ1v) is 7.75. The number of hydrogen-bond donors (Lipinski definition) is 2. The Kier molecular flexibility index (Phi) is 4.85. The number of aliphatic hydroxyl groups is 1. The number of amides is 1. The van der Waals surface area contributed by atoms with Crippen LogP contribution in [0.3, 0.4) is 0 Å². The fourth-order valence-corrected chi connectivity index (χ4v) is 3.43. The van der Waals surface area contributed by atoms with E-state index in [1.807, 2.05) is 11.8 Å². The number of carbonyl (C=O) groups excluding carboxylic acids is 1. The topological polar surface area (TPSA) is 52.6 Å². The second-order valence-corrected chi connectivity index (χ2v) is 6.56. The van der Waals surface area contributed by atoms with Crippen molar-refractivity contribution in [2.24, 2.45) is 5.92 Å². The summed E-state index contributed by atoms with van der Waals surface area (Å²) in [5.74, 6) is 0.773. The van der Waals surface area contributed by atoms with Gasteiger partial charge in [-0.05, 0) is 38.5 Å². The SMILES string of the molecule is CC1CCCC(O)(CNC(C)C(=O)N2CCCC2)C1. The second-order valence-electron chi connectivity index (χ2n) is 6.56. The van der Waals surface area contributed by atoms with Gasteiger partial charge in [-0.2, -0.15) is 0 Å². The van der Waals surface area contributed by atoms with E-state index in [2.05, 4.69) is 12.2 Å². The summed E-state index contributed by atoms with van der Waals surface area (Å²) in [6, 6.07) is -0.181. The fourth-order valence-electron chi connectivity index (χ4n) is 3.43. The van der Waals surface area contributed by atoms with E-state index in [1.165, 1.54) is 6.42 Å². The smallest absolute Gasteiger partial charge is 0.239 e. The fraction of sp³-hybridized carbons (Fsp3) is 0.933. The van der Waals surface area contributed by atoms with Crippen LogP contribution in [0, 0.1) is 5.92 Å². The number of nitrogens with one attached hydrogen (secondary N) is 1. The molecule has 2 rings (SSSR count). The molecule has 2 aliphatic rings. The zero-order valence-corrected chi connectivity index (χ0v) is 12.3. The molecular formula is C15H28N2O2. The Bertz CT molecular complexity index is 315. The number of rotatable bonds is 4. The Morgan fingerprint density at radius 2 is 2.11 bits per heavy atom. The number of hydrogen-bond acceptors (Lipinski definition) is 3. The van der Waals surface area contributed by atoms with E-state index in [4.69, 9.17) is 0 Å². The molecule has 2 N–H and O–H groups in total. The van der Waals surface area contributed by atoms with Crippen LogP contribution in [0.1, 0.15) is 52.4 Å². The van der Waals surface area contributed by atoms with Gasteiger partial charge in [-0.1, -0.05) is 19.8 Å². The zero-order chi connectivity index (χ0) is 13.9. The summed E-state index contributed by atoms with van der Waals surface area (Å²) in [4.78, 5) is 14.1. The van der Waals surface area contributed by atoms with E-state index in [0.29, 0.717) is 12.5 Å². The lowest BCUT2D eigenvalue weighted by molar-refractivity contribution is -0.132. The molecule has 0 bridgehead atoms. The van der Waals surface area contributed by atoms with Gasteiger partial charge in [-0.15, -0.1) is 0 Å². The Hall–Kier alpha value is -0.610. The highest BCUT2D eigenvalue weighted by Gasteiger charge is 2.33. The first-order valence-electron chi connectivity index (χ1n) is 7.75. The summed E-state index contributed by atoms with van der Waals surface area (Å²) in [7, 11) is 0. The summed E-state index contributed by atoms with van der Waals surface area (Å²) in [6.45, 7) is 6.44. The highest BCUT2D eigenvalue weighted by Crippen LogP contribution is 2.31. The average molecular weight is 268 g/mol. The van der Waals surface area contributed by atoms with Crippen LogP contribution in [0.4, 0.5) is 0 Å². The van der Waals surface area contributed by atoms with Crippen LogP contribution in [0.5, 0.6) is 0 Å². The van der Waals surface area contributed by atoms with Gasteiger partial charge in [0.05, 0.1) is 11.6 Å². The minimum Gasteiger partial charge on any atom is -0.389 e. The van der Waals surface area contributed by atoms with Crippen LogP contribution in [-0.4, -0.2) is 47.2 Å². The second kappa shape index (κ2) is 6.23. The Balaban J connectivity index is 1.78. The molecule has 1 aliphatic heterocycles. The van der Waals surface area contributed by atoms with Crippen molar-refractivity contribution in [3.05, 3.63) is 0 Å². The van der Waals surface area contributed by atoms with Crippen molar-refractivity contribution in [3.63, 3.8) is 0 Å². The molecule has 4 heteroatoms. The first-order chi connectivity index (χ1) is 9.00. The van der Waals surface area contributed by atoms with E-state index in [1.54, 1.807) is 0 Å². The molecule has 0 aromatic rings. The third-order valence-electron chi connectivity index (χ3n) is 4.59. The van der Waals surface area contributed by atoms with Crippen LogP contribution in [0.25, 0.3) is 0 Å². The molecule has 2 fully saturated rings. The van der Waals surface area contributed by atoms with Gasteiger partial charge in [-0.25, -0.2) is 0 Å². The lowest BCUT2D eigenvalue weighted by Gasteiger charge is -2.36. The van der Waals surface area contributed by atoms with E-state index < -0.39 is 5.60 Å². The Morgan fingerprint density at radius 3 is 2.74 bits per heavy atom.